The number of amides is 1. The monoisotopic (exact) mass is 415 g/mol. The van der Waals surface area contributed by atoms with Gasteiger partial charge in [-0.3, -0.25) is 10.3 Å². The van der Waals surface area contributed by atoms with Gasteiger partial charge in [-0.05, 0) is 31.1 Å². The molecule has 148 valence electrons. The van der Waals surface area contributed by atoms with Crippen molar-refractivity contribution in [3.63, 3.8) is 0 Å². The second-order valence-electron chi connectivity index (χ2n) is 5.81. The summed E-state index contributed by atoms with van der Waals surface area (Å²) in [7, 11) is 0. The normalized spacial score (nSPS) is 22.1. The molecule has 1 aromatic heterocycles. The number of amidine groups is 1. The van der Waals surface area contributed by atoms with Crippen molar-refractivity contribution in [2.24, 2.45) is 10.7 Å². The molecular formula is C18H17ClF2N4O3. The molecule has 3 N–H and O–H groups in total. The van der Waals surface area contributed by atoms with Crippen LogP contribution in [0.15, 0.2) is 35.4 Å². The summed E-state index contributed by atoms with van der Waals surface area (Å²) in [6.07, 6.45) is -1.93. The summed E-state index contributed by atoms with van der Waals surface area (Å²) in [6, 6.07) is 2.48. The predicted molar refractivity (Wildman–Crippen MR) is 100 cm³/mol. The number of carbonyl (C=O) groups excluding carboxylic acids is 1. The molecule has 10 heteroatoms. The van der Waals surface area contributed by atoms with Crippen molar-refractivity contribution in [3.05, 3.63) is 52.4 Å². The number of halogens is 3. The first-order valence-corrected chi connectivity index (χ1v) is 8.19. The number of alkyl halides is 1. The second kappa shape index (κ2) is 8.07. The van der Waals surface area contributed by atoms with Crippen LogP contribution >= 0.6 is 11.6 Å². The van der Waals surface area contributed by atoms with Gasteiger partial charge in [0, 0.05) is 27.1 Å². The summed E-state index contributed by atoms with van der Waals surface area (Å²) in [6.45, 7) is -4.38. The van der Waals surface area contributed by atoms with Crippen molar-refractivity contribution in [1.82, 2.24) is 4.98 Å². The molecule has 1 atom stereocenters. The fourth-order valence-electron chi connectivity index (χ4n) is 2.55. The number of rotatable bonds is 4. The highest BCUT2D eigenvalue weighted by Crippen LogP contribution is 2.33. The van der Waals surface area contributed by atoms with E-state index in [1.54, 1.807) is 0 Å². The Bertz CT molecular complexity index is 1140. The average molecular weight is 416 g/mol. The van der Waals surface area contributed by atoms with Crippen LogP contribution in [0.1, 0.15) is 18.0 Å². The molecule has 0 saturated heterocycles. The zero-order valence-electron chi connectivity index (χ0n) is 19.2. The highest BCUT2D eigenvalue weighted by atomic mass is 35.5. The molecule has 0 unspecified atom stereocenters. The van der Waals surface area contributed by atoms with Gasteiger partial charge in [0.2, 0.25) is 5.88 Å². The molecule has 1 amide bonds. The number of carbonyl (C=O) groups is 1. The molecule has 0 spiro atoms. The van der Waals surface area contributed by atoms with Crippen LogP contribution in [0.4, 0.5) is 19.3 Å². The summed E-state index contributed by atoms with van der Waals surface area (Å²) in [5.74, 6) is -1.66. The van der Waals surface area contributed by atoms with E-state index in [1.807, 2.05) is 0 Å². The van der Waals surface area contributed by atoms with Crippen molar-refractivity contribution in [1.29, 1.82) is 0 Å². The first-order valence-electron chi connectivity index (χ1n) is 10.3. The van der Waals surface area contributed by atoms with Crippen LogP contribution in [0.5, 0.6) is 5.88 Å². The van der Waals surface area contributed by atoms with Crippen molar-refractivity contribution in [2.75, 3.05) is 25.2 Å². The van der Waals surface area contributed by atoms with Crippen molar-refractivity contribution in [3.8, 4) is 5.88 Å². The standard InChI is InChI=1S/C18H17ClF2N4O3/c1-10-4-11(19)6-23-16(10)28-17(26)24-12-2-3-14(21)13(5-12)18(8-20)9-27-7-15(22)25-18/h2-6H,7-9H2,1H3,(H2,22,25)(H,24,26)/t18-/m0/s1/i1D3,4D,6D. The van der Waals surface area contributed by atoms with Gasteiger partial charge in [-0.15, -0.1) is 0 Å². The molecule has 0 bridgehead atoms. The van der Waals surface area contributed by atoms with Crippen LogP contribution < -0.4 is 15.8 Å². The van der Waals surface area contributed by atoms with E-state index >= 15 is 0 Å². The second-order valence-corrected chi connectivity index (χ2v) is 6.19. The van der Waals surface area contributed by atoms with Gasteiger partial charge in [0.05, 0.1) is 14.4 Å². The minimum atomic E-state index is -2.92. The number of nitrogens with zero attached hydrogens (tertiary/aromatic N) is 2. The number of aromatic nitrogens is 1. The van der Waals surface area contributed by atoms with Crippen LogP contribution in [0.3, 0.4) is 0 Å². The Kier molecular flexibility index (Phi) is 4.11. The van der Waals surface area contributed by atoms with Crippen LogP contribution in [0.25, 0.3) is 0 Å². The highest BCUT2D eigenvalue weighted by Gasteiger charge is 2.38. The number of nitrogens with two attached hydrogens (primary N) is 1. The SMILES string of the molecule is [2H]c1nc(OC(=O)Nc2ccc(F)c([C@]3(CF)COCC(N)=N3)c2)c(C([2H])([2H])[2H])c([2H])c1Cl. The van der Waals surface area contributed by atoms with Gasteiger partial charge in [0.15, 0.2) is 0 Å². The molecule has 7 nitrogen and oxygen atoms in total. The Hall–Kier alpha value is -2.78. The number of nitrogens with one attached hydrogen (secondary N) is 1. The number of ether oxygens (including phenoxy) is 2. The van der Waals surface area contributed by atoms with Gasteiger partial charge in [0.1, 0.15) is 30.5 Å². The van der Waals surface area contributed by atoms with E-state index in [2.05, 4.69) is 15.3 Å². The molecule has 28 heavy (non-hydrogen) atoms. The van der Waals surface area contributed by atoms with E-state index in [1.165, 1.54) is 0 Å². The van der Waals surface area contributed by atoms with E-state index in [-0.39, 0.29) is 30.3 Å². The molecule has 0 saturated carbocycles. The predicted octanol–water partition coefficient (Wildman–Crippen LogP) is 3.35. The van der Waals surface area contributed by atoms with Crippen molar-refractivity contribution >= 4 is 29.2 Å². The Morgan fingerprint density at radius 3 is 3.14 bits per heavy atom. The molecule has 3 rings (SSSR count). The largest absolute Gasteiger partial charge is 0.418 e. The molecule has 1 aliphatic rings. The van der Waals surface area contributed by atoms with Gasteiger partial charge in [-0.1, -0.05) is 11.6 Å². The van der Waals surface area contributed by atoms with Gasteiger partial charge in [0.25, 0.3) is 0 Å². The number of pyridine rings is 1. The van der Waals surface area contributed by atoms with Crippen LogP contribution in [0.2, 0.25) is 5.02 Å². The number of anilines is 1. The van der Waals surface area contributed by atoms with Gasteiger partial charge < -0.3 is 15.2 Å². The Morgan fingerprint density at radius 2 is 2.43 bits per heavy atom. The van der Waals surface area contributed by atoms with Crippen LogP contribution in [0, 0.1) is 12.7 Å². The summed E-state index contributed by atoms with van der Waals surface area (Å²) in [5.41, 5.74) is 2.81. The van der Waals surface area contributed by atoms with E-state index < -0.39 is 59.7 Å². The Labute approximate surface area is 171 Å². The van der Waals surface area contributed by atoms with E-state index in [4.69, 9.17) is 33.7 Å². The zero-order valence-corrected chi connectivity index (χ0v) is 14.9. The summed E-state index contributed by atoms with van der Waals surface area (Å²) >= 11 is 5.73. The highest BCUT2D eigenvalue weighted by molar-refractivity contribution is 6.30. The Morgan fingerprint density at radius 1 is 1.61 bits per heavy atom. The van der Waals surface area contributed by atoms with Gasteiger partial charge >= 0.3 is 6.09 Å². The minimum Gasteiger partial charge on any atom is -0.391 e. The van der Waals surface area contributed by atoms with Crippen LogP contribution in [-0.4, -0.2) is 36.8 Å². The molecule has 0 radical (unpaired) electrons. The van der Waals surface area contributed by atoms with Gasteiger partial charge in [-0.25, -0.2) is 18.6 Å². The number of hydrogen-bond donors (Lipinski definition) is 2. The minimum absolute atomic E-state index is 0.0283. The van der Waals surface area contributed by atoms with Crippen molar-refractivity contribution < 1.29 is 29.9 Å². The lowest BCUT2D eigenvalue weighted by atomic mass is 9.91. The summed E-state index contributed by atoms with van der Waals surface area (Å²) < 4.78 is 76.6. The quantitative estimate of drug-likeness (QED) is 0.797. The molecule has 1 aromatic carbocycles. The lowest BCUT2D eigenvalue weighted by Gasteiger charge is -2.31. The lowest BCUT2D eigenvalue weighted by Crippen LogP contribution is -2.42. The third-order valence-corrected chi connectivity index (χ3v) is 3.96. The van der Waals surface area contributed by atoms with Crippen LogP contribution in [-0.2, 0) is 10.3 Å². The maximum absolute atomic E-state index is 14.5. The zero-order chi connectivity index (χ0) is 24.6. The van der Waals surface area contributed by atoms with Gasteiger partial charge in [-0.2, -0.15) is 0 Å². The Balaban J connectivity index is 1.92. The number of benzene rings is 1. The van der Waals surface area contributed by atoms with Crippen molar-refractivity contribution in [2.45, 2.75) is 12.4 Å². The molecule has 0 aliphatic carbocycles. The third kappa shape index (κ3) is 4.20. The summed E-state index contributed by atoms with van der Waals surface area (Å²) in [4.78, 5) is 19.9. The first-order chi connectivity index (χ1) is 15.4. The molecular weight excluding hydrogens is 394 g/mol. The smallest absolute Gasteiger partial charge is 0.391 e. The summed E-state index contributed by atoms with van der Waals surface area (Å²) in [5, 5.41) is 1.71. The first kappa shape index (κ1) is 14.3. The molecule has 2 heterocycles. The van der Waals surface area contributed by atoms with E-state index in [9.17, 15) is 13.6 Å². The number of aliphatic imine (C=N–C) groups is 1. The molecule has 1 aliphatic heterocycles. The maximum Gasteiger partial charge on any atom is 0.418 e. The third-order valence-electron chi connectivity index (χ3n) is 3.78. The fraction of sp³-hybridized carbons (Fsp3) is 0.278. The maximum atomic E-state index is 14.5. The lowest BCUT2D eigenvalue weighted by molar-refractivity contribution is 0.0809. The average Bonchev–Trinajstić information content (AvgIpc) is 2.72. The molecule has 0 fully saturated rings. The van der Waals surface area contributed by atoms with E-state index in [0.717, 1.165) is 18.2 Å². The molecule has 2 aromatic rings. The van der Waals surface area contributed by atoms with E-state index in [0.29, 0.717) is 0 Å². The number of hydrogen-bond acceptors (Lipinski definition) is 6. The fourth-order valence-corrected chi connectivity index (χ4v) is 2.69. The topological polar surface area (TPSA) is 98.8 Å².